The van der Waals surface area contributed by atoms with Gasteiger partial charge >= 0.3 is 0 Å². The summed E-state index contributed by atoms with van der Waals surface area (Å²) in [5.74, 6) is 0.153. The van der Waals surface area contributed by atoms with Gasteiger partial charge in [0.15, 0.2) is 6.10 Å². The van der Waals surface area contributed by atoms with Crippen LogP contribution >= 0.6 is 0 Å². The molecule has 1 aliphatic rings. The SMILES string of the molecule is C=CCN1CCN(C(=O)[C@H](C)Oc2ccc(F)cc2)CC1. The molecule has 2 rings (SSSR count). The molecule has 1 saturated heterocycles. The molecule has 114 valence electrons. The maximum absolute atomic E-state index is 12.8. The standard InChI is InChI=1S/C16H21FN2O2/c1-3-8-18-9-11-19(12-10-18)16(20)13(2)21-15-6-4-14(17)5-7-15/h3-7,13H,1,8-12H2,2H3/t13-/m0/s1. The summed E-state index contributed by atoms with van der Waals surface area (Å²) < 4.78 is 18.4. The summed E-state index contributed by atoms with van der Waals surface area (Å²) in [6.07, 6.45) is 1.30. The Kier molecular flexibility index (Phi) is 5.33. The lowest BCUT2D eigenvalue weighted by molar-refractivity contribution is -0.139. The predicted octanol–water partition coefficient (Wildman–Crippen LogP) is 1.92. The van der Waals surface area contributed by atoms with Gasteiger partial charge in [-0.25, -0.2) is 4.39 Å². The van der Waals surface area contributed by atoms with E-state index in [9.17, 15) is 9.18 Å². The zero-order chi connectivity index (χ0) is 15.2. The van der Waals surface area contributed by atoms with Crippen LogP contribution in [0.25, 0.3) is 0 Å². The number of hydrogen-bond donors (Lipinski definition) is 0. The molecule has 1 amide bonds. The summed E-state index contributed by atoms with van der Waals surface area (Å²) in [4.78, 5) is 16.4. The molecule has 0 aliphatic carbocycles. The van der Waals surface area contributed by atoms with Gasteiger partial charge in [-0.2, -0.15) is 0 Å². The van der Waals surface area contributed by atoms with E-state index in [0.717, 1.165) is 19.6 Å². The van der Waals surface area contributed by atoms with E-state index in [-0.39, 0.29) is 11.7 Å². The van der Waals surface area contributed by atoms with Gasteiger partial charge in [0.25, 0.3) is 5.91 Å². The van der Waals surface area contributed by atoms with E-state index >= 15 is 0 Å². The second kappa shape index (κ2) is 7.22. The van der Waals surface area contributed by atoms with Crippen molar-refractivity contribution in [3.63, 3.8) is 0 Å². The number of amides is 1. The molecule has 0 unspecified atom stereocenters. The van der Waals surface area contributed by atoms with Crippen LogP contribution in [0.1, 0.15) is 6.92 Å². The van der Waals surface area contributed by atoms with Gasteiger partial charge in [0, 0.05) is 32.7 Å². The number of piperazine rings is 1. The van der Waals surface area contributed by atoms with Crippen molar-refractivity contribution < 1.29 is 13.9 Å². The van der Waals surface area contributed by atoms with Crippen LogP contribution in [-0.4, -0.2) is 54.5 Å². The Hall–Kier alpha value is -1.88. The molecule has 0 spiro atoms. The highest BCUT2D eigenvalue weighted by Crippen LogP contribution is 2.14. The van der Waals surface area contributed by atoms with Crippen molar-refractivity contribution in [2.45, 2.75) is 13.0 Å². The average molecular weight is 292 g/mol. The van der Waals surface area contributed by atoms with Crippen LogP contribution < -0.4 is 4.74 Å². The second-order valence-corrected chi connectivity index (χ2v) is 5.13. The van der Waals surface area contributed by atoms with E-state index in [1.54, 1.807) is 6.92 Å². The number of benzene rings is 1. The molecule has 21 heavy (non-hydrogen) atoms. The van der Waals surface area contributed by atoms with Crippen molar-refractivity contribution in [1.82, 2.24) is 9.80 Å². The molecule has 0 bridgehead atoms. The first-order valence-electron chi connectivity index (χ1n) is 7.14. The van der Waals surface area contributed by atoms with Crippen molar-refractivity contribution in [2.75, 3.05) is 32.7 Å². The highest BCUT2D eigenvalue weighted by atomic mass is 19.1. The van der Waals surface area contributed by atoms with Crippen LogP contribution in [0.3, 0.4) is 0 Å². The van der Waals surface area contributed by atoms with Gasteiger partial charge in [-0.3, -0.25) is 9.69 Å². The zero-order valence-corrected chi connectivity index (χ0v) is 12.3. The molecule has 0 N–H and O–H groups in total. The molecular formula is C16H21FN2O2. The van der Waals surface area contributed by atoms with E-state index in [0.29, 0.717) is 18.8 Å². The summed E-state index contributed by atoms with van der Waals surface area (Å²) in [6.45, 7) is 9.39. The molecule has 1 aliphatic heterocycles. The topological polar surface area (TPSA) is 32.8 Å². The second-order valence-electron chi connectivity index (χ2n) is 5.13. The number of carbonyl (C=O) groups is 1. The first kappa shape index (κ1) is 15.5. The van der Waals surface area contributed by atoms with Gasteiger partial charge < -0.3 is 9.64 Å². The van der Waals surface area contributed by atoms with Crippen molar-refractivity contribution in [1.29, 1.82) is 0 Å². The molecule has 1 aromatic rings. The Balaban J connectivity index is 1.85. The summed E-state index contributed by atoms with van der Waals surface area (Å²) in [7, 11) is 0. The molecule has 0 aromatic heterocycles. The quantitative estimate of drug-likeness (QED) is 0.777. The Bertz CT molecular complexity index is 482. The highest BCUT2D eigenvalue weighted by Gasteiger charge is 2.25. The lowest BCUT2D eigenvalue weighted by atomic mass is 10.2. The van der Waals surface area contributed by atoms with Gasteiger partial charge in [-0.1, -0.05) is 6.08 Å². The lowest BCUT2D eigenvalue weighted by Gasteiger charge is -2.35. The highest BCUT2D eigenvalue weighted by molar-refractivity contribution is 5.81. The predicted molar refractivity (Wildman–Crippen MR) is 79.7 cm³/mol. The molecule has 5 heteroatoms. The van der Waals surface area contributed by atoms with Crippen LogP contribution in [0.15, 0.2) is 36.9 Å². The van der Waals surface area contributed by atoms with Crippen LogP contribution in [0.2, 0.25) is 0 Å². The Morgan fingerprint density at radius 3 is 2.52 bits per heavy atom. The molecule has 1 fully saturated rings. The number of nitrogens with zero attached hydrogens (tertiary/aromatic N) is 2. The first-order chi connectivity index (χ1) is 10.1. The van der Waals surface area contributed by atoms with Gasteiger partial charge in [-0.15, -0.1) is 6.58 Å². The normalized spacial score (nSPS) is 17.3. The summed E-state index contributed by atoms with van der Waals surface area (Å²) in [5, 5.41) is 0. The van der Waals surface area contributed by atoms with E-state index in [2.05, 4.69) is 11.5 Å². The molecule has 1 aromatic carbocycles. The summed E-state index contributed by atoms with van der Waals surface area (Å²) in [5.41, 5.74) is 0. The minimum Gasteiger partial charge on any atom is -0.481 e. The van der Waals surface area contributed by atoms with Gasteiger partial charge in [0.1, 0.15) is 11.6 Å². The Morgan fingerprint density at radius 2 is 1.95 bits per heavy atom. The maximum atomic E-state index is 12.8. The van der Waals surface area contributed by atoms with Gasteiger partial charge in [0.05, 0.1) is 0 Å². The van der Waals surface area contributed by atoms with Crippen molar-refractivity contribution in [3.8, 4) is 5.75 Å². The fourth-order valence-corrected chi connectivity index (χ4v) is 2.36. The maximum Gasteiger partial charge on any atom is 0.263 e. The molecule has 4 nitrogen and oxygen atoms in total. The van der Waals surface area contributed by atoms with Gasteiger partial charge in [-0.05, 0) is 31.2 Å². The number of halogens is 1. The summed E-state index contributed by atoms with van der Waals surface area (Å²) >= 11 is 0. The van der Waals surface area contributed by atoms with Crippen molar-refractivity contribution >= 4 is 5.91 Å². The molecule has 0 radical (unpaired) electrons. The minimum absolute atomic E-state index is 0.0300. The van der Waals surface area contributed by atoms with E-state index in [1.807, 2.05) is 11.0 Å². The Morgan fingerprint density at radius 1 is 1.33 bits per heavy atom. The van der Waals surface area contributed by atoms with Gasteiger partial charge in [0.2, 0.25) is 0 Å². The monoisotopic (exact) mass is 292 g/mol. The molecular weight excluding hydrogens is 271 g/mol. The van der Waals surface area contributed by atoms with Crippen LogP contribution in [0, 0.1) is 5.82 Å². The van der Waals surface area contributed by atoms with Crippen LogP contribution in [0.5, 0.6) is 5.75 Å². The number of hydrogen-bond acceptors (Lipinski definition) is 3. The van der Waals surface area contributed by atoms with E-state index < -0.39 is 6.10 Å². The van der Waals surface area contributed by atoms with E-state index in [1.165, 1.54) is 24.3 Å². The number of rotatable bonds is 5. The average Bonchev–Trinajstić information content (AvgIpc) is 2.50. The smallest absolute Gasteiger partial charge is 0.263 e. The fourth-order valence-electron chi connectivity index (χ4n) is 2.36. The first-order valence-corrected chi connectivity index (χ1v) is 7.14. The third-order valence-electron chi connectivity index (χ3n) is 3.55. The number of ether oxygens (including phenoxy) is 1. The lowest BCUT2D eigenvalue weighted by Crippen LogP contribution is -2.51. The van der Waals surface area contributed by atoms with Crippen LogP contribution in [0.4, 0.5) is 4.39 Å². The largest absolute Gasteiger partial charge is 0.481 e. The van der Waals surface area contributed by atoms with Crippen molar-refractivity contribution in [2.24, 2.45) is 0 Å². The summed E-state index contributed by atoms with van der Waals surface area (Å²) in [6, 6.07) is 5.70. The third-order valence-corrected chi connectivity index (χ3v) is 3.55. The molecule has 0 saturated carbocycles. The van der Waals surface area contributed by atoms with Crippen LogP contribution in [-0.2, 0) is 4.79 Å². The zero-order valence-electron chi connectivity index (χ0n) is 12.3. The Labute approximate surface area is 124 Å². The van der Waals surface area contributed by atoms with E-state index in [4.69, 9.17) is 4.74 Å². The molecule has 1 heterocycles. The third kappa shape index (κ3) is 4.29. The minimum atomic E-state index is -0.568. The van der Waals surface area contributed by atoms with Crippen molar-refractivity contribution in [3.05, 3.63) is 42.7 Å². The number of carbonyl (C=O) groups excluding carboxylic acids is 1. The fraction of sp³-hybridized carbons (Fsp3) is 0.438. The molecule has 1 atom stereocenters.